The van der Waals surface area contributed by atoms with Crippen LogP contribution in [0.25, 0.3) is 11.3 Å². The maximum absolute atomic E-state index is 13.9. The summed E-state index contributed by atoms with van der Waals surface area (Å²) in [5, 5.41) is 36.9. The Bertz CT molecular complexity index is 2160. The Morgan fingerprint density at radius 3 is 2.45 bits per heavy atom. The number of aromatic nitrogens is 4. The van der Waals surface area contributed by atoms with Crippen molar-refractivity contribution < 1.29 is 48.3 Å². The zero-order valence-corrected chi connectivity index (χ0v) is 42.3. The Balaban J connectivity index is 1.30. The van der Waals surface area contributed by atoms with Gasteiger partial charge in [0, 0.05) is 62.2 Å². The Hall–Kier alpha value is -5.05. The quantitative estimate of drug-likeness (QED) is 0.0409. The summed E-state index contributed by atoms with van der Waals surface area (Å²) in [6.07, 6.45) is 1.88. The first-order chi connectivity index (χ1) is 32.6. The third kappa shape index (κ3) is 13.4. The zero-order chi connectivity index (χ0) is 50.8. The van der Waals surface area contributed by atoms with Crippen molar-refractivity contribution in [2.75, 3.05) is 46.6 Å². The van der Waals surface area contributed by atoms with Crippen LogP contribution in [0.2, 0.25) is 0 Å². The van der Waals surface area contributed by atoms with E-state index in [4.69, 9.17) is 24.7 Å². The second-order valence-electron chi connectivity index (χ2n) is 19.8. The molecule has 2 aromatic heterocycles. The van der Waals surface area contributed by atoms with Crippen LogP contribution in [0, 0.1) is 23.7 Å². The van der Waals surface area contributed by atoms with Gasteiger partial charge in [0.15, 0.2) is 12.1 Å². The summed E-state index contributed by atoms with van der Waals surface area (Å²) in [6, 6.07) is 11.6. The smallest absolute Gasteiger partial charge is 0.410 e. The molecule has 1 aromatic carbocycles. The molecule has 2 saturated heterocycles. The number of carboxylic acid groups (broad SMARTS) is 1. The fraction of sp³-hybridized carbons (Fsp3) is 0.660. The van der Waals surface area contributed by atoms with E-state index in [9.17, 15) is 29.4 Å². The first kappa shape index (κ1) is 54.9. The molecular weight excluding hydrogens is 887 g/mol. The Kier molecular flexibility index (Phi) is 19.2. The molecule has 0 radical (unpaired) electrons. The fourth-order valence-electron chi connectivity index (χ4n) is 9.97. The number of nitrogens with zero attached hydrogens (tertiary/aromatic N) is 6. The topological polar surface area (TPSA) is 246 Å². The van der Waals surface area contributed by atoms with Crippen LogP contribution in [0.15, 0.2) is 54.9 Å². The molecule has 2 amide bonds. The number of cyclic esters (lactones) is 1. The number of nitrogens with one attached hydrogen (secondary N) is 2. The number of benzene rings is 1. The summed E-state index contributed by atoms with van der Waals surface area (Å²) < 4.78 is 27.4. The van der Waals surface area contributed by atoms with E-state index in [0.717, 1.165) is 24.1 Å². The number of carboxylic acids is 1. The van der Waals surface area contributed by atoms with Crippen molar-refractivity contribution in [2.45, 2.75) is 148 Å². The number of ether oxygens (including phenoxy) is 4. The number of aliphatic carboxylic acids is 1. The number of rotatable bonds is 26. The summed E-state index contributed by atoms with van der Waals surface area (Å²) in [6.45, 7) is 16.7. The predicted octanol–water partition coefficient (Wildman–Crippen LogP) is 4.88. The van der Waals surface area contributed by atoms with Gasteiger partial charge in [-0.05, 0) is 117 Å². The van der Waals surface area contributed by atoms with Crippen molar-refractivity contribution >= 4 is 29.4 Å². The van der Waals surface area contributed by atoms with E-state index in [1.165, 1.54) is 20.2 Å². The standard InChI is InChI=1S/C50H77N9O10/c1-12-31(3)50(8)43(59(48(65)69-50)23-16-15-22-58-29-39(55-56-58)35-18-17-19-36(51)24-35)34(6)53-27-30(2)26-49(7,66-11)44(32(4)41(60)33(5)46(63)64)68-47-42(61)40(57(9)10)25-37(67-47)28-54-45(62)38-20-13-14-21-52-38/h13-14,17-21,24,29-34,37,40,42-44,47,53,61H,12,15-16,22-23,25-28,51H2,1-11H3,(H,54,62)(H,63,64)/t30-,31-,32+,33-,34-,37?,40?,42?,43-,44-,47+,49-,50-/m1/s1. The number of aliphatic hydroxyl groups excluding tert-OH is 1. The van der Waals surface area contributed by atoms with Crippen molar-refractivity contribution in [2.24, 2.45) is 23.7 Å². The van der Waals surface area contributed by atoms with Crippen LogP contribution >= 0.6 is 0 Å². The van der Waals surface area contributed by atoms with Crippen LogP contribution in [-0.4, -0.2) is 159 Å². The molecule has 6 N–H and O–H groups in total. The van der Waals surface area contributed by atoms with Gasteiger partial charge in [-0.15, -0.1) is 5.10 Å². The van der Waals surface area contributed by atoms with Crippen LogP contribution < -0.4 is 16.4 Å². The number of aryl methyl sites for hydroxylation is 1. The third-order valence-corrected chi connectivity index (χ3v) is 14.4. The molecule has 382 valence electrons. The molecule has 0 bridgehead atoms. The highest BCUT2D eigenvalue weighted by atomic mass is 16.7. The van der Waals surface area contributed by atoms with Crippen molar-refractivity contribution in [1.29, 1.82) is 0 Å². The van der Waals surface area contributed by atoms with E-state index in [1.54, 1.807) is 29.8 Å². The molecule has 13 atom stereocenters. The lowest BCUT2D eigenvalue weighted by Crippen LogP contribution is -2.60. The number of amides is 2. The summed E-state index contributed by atoms with van der Waals surface area (Å²) in [5.41, 5.74) is 6.50. The van der Waals surface area contributed by atoms with Gasteiger partial charge >= 0.3 is 12.1 Å². The number of carbonyl (C=O) groups is 4. The van der Waals surface area contributed by atoms with E-state index in [-0.39, 0.29) is 48.2 Å². The second kappa shape index (κ2) is 24.2. The highest BCUT2D eigenvalue weighted by Crippen LogP contribution is 2.40. The highest BCUT2D eigenvalue weighted by molar-refractivity contribution is 5.99. The summed E-state index contributed by atoms with van der Waals surface area (Å²) in [7, 11) is 5.17. The first-order valence-electron chi connectivity index (χ1n) is 24.3. The third-order valence-electron chi connectivity index (χ3n) is 14.4. The number of hydrogen-bond donors (Lipinski definition) is 5. The maximum atomic E-state index is 13.9. The number of hydrogen-bond acceptors (Lipinski definition) is 15. The molecule has 19 nitrogen and oxygen atoms in total. The van der Waals surface area contributed by atoms with Crippen molar-refractivity contribution in [3.8, 4) is 11.3 Å². The fourth-order valence-corrected chi connectivity index (χ4v) is 9.97. The van der Waals surface area contributed by atoms with Gasteiger partial charge < -0.3 is 50.4 Å². The number of ketones is 1. The molecule has 0 aliphatic carbocycles. The minimum absolute atomic E-state index is 0.0572. The molecular formula is C50H77N9O10. The average Bonchev–Trinajstić information content (AvgIpc) is 3.91. The number of aliphatic hydroxyl groups is 1. The van der Waals surface area contributed by atoms with Gasteiger partial charge in [0.25, 0.3) is 5.91 Å². The van der Waals surface area contributed by atoms with Gasteiger partial charge in [0.1, 0.15) is 29.0 Å². The number of carbonyl (C=O) groups excluding carboxylic acids is 3. The number of nitrogens with two attached hydrogens (primary N) is 1. The Labute approximate surface area is 407 Å². The summed E-state index contributed by atoms with van der Waals surface area (Å²) in [4.78, 5) is 60.5. The van der Waals surface area contributed by atoms with Crippen LogP contribution in [0.1, 0.15) is 98.0 Å². The zero-order valence-electron chi connectivity index (χ0n) is 42.3. The number of pyridine rings is 1. The van der Waals surface area contributed by atoms with Gasteiger partial charge in [-0.2, -0.15) is 0 Å². The van der Waals surface area contributed by atoms with Crippen LogP contribution in [0.4, 0.5) is 10.5 Å². The number of methoxy groups -OCH3 is 1. The monoisotopic (exact) mass is 964 g/mol. The lowest BCUT2D eigenvalue weighted by Gasteiger charge is -2.47. The molecule has 19 heteroatoms. The van der Waals surface area contributed by atoms with Gasteiger partial charge in [0.05, 0.1) is 30.0 Å². The number of likely N-dealkylation sites (N-methyl/N-ethyl adjacent to an activating group) is 1. The molecule has 0 saturated carbocycles. The van der Waals surface area contributed by atoms with E-state index in [2.05, 4.69) is 46.7 Å². The normalized spacial score (nSPS) is 25.3. The van der Waals surface area contributed by atoms with Crippen LogP contribution in [0.5, 0.6) is 0 Å². The number of unbranched alkanes of at least 4 members (excludes halogenated alkanes) is 1. The van der Waals surface area contributed by atoms with E-state index in [1.807, 2.05) is 75.1 Å². The summed E-state index contributed by atoms with van der Waals surface area (Å²) in [5.74, 6) is -4.65. The molecule has 2 fully saturated rings. The van der Waals surface area contributed by atoms with Gasteiger partial charge in [0.2, 0.25) is 0 Å². The number of anilines is 1. The molecule has 4 heterocycles. The lowest BCUT2D eigenvalue weighted by atomic mass is 9.78. The summed E-state index contributed by atoms with van der Waals surface area (Å²) >= 11 is 0. The molecule has 2 aliphatic heterocycles. The molecule has 3 aromatic rings. The van der Waals surface area contributed by atoms with Crippen LogP contribution in [-0.2, 0) is 35.1 Å². The molecule has 5 rings (SSSR count). The van der Waals surface area contributed by atoms with Gasteiger partial charge in [-0.1, -0.05) is 51.1 Å². The molecule has 0 spiro atoms. The Morgan fingerprint density at radius 2 is 1.81 bits per heavy atom. The minimum Gasteiger partial charge on any atom is -0.481 e. The van der Waals surface area contributed by atoms with E-state index >= 15 is 0 Å². The largest absolute Gasteiger partial charge is 0.481 e. The maximum Gasteiger partial charge on any atom is 0.410 e. The Morgan fingerprint density at radius 1 is 1.09 bits per heavy atom. The number of nitrogen functional groups attached to an aromatic ring is 1. The number of Topliss-reactive ketones (excluding diaryl/α,β-unsaturated/α-hetero) is 1. The first-order valence-corrected chi connectivity index (χ1v) is 24.3. The second-order valence-corrected chi connectivity index (χ2v) is 19.8. The predicted molar refractivity (Wildman–Crippen MR) is 260 cm³/mol. The SMILES string of the molecule is CC[C@@H](C)[C@@]1(C)OC(=O)N(CCCCn2cc(-c3cccc(N)c3)nn2)[C@@H]1[C@@H](C)NC[C@H](C)C[C@@](C)(OC)[C@H](O[C@@H]1OC(CNC(=O)c2ccccn2)CC(N(C)C)C1O)[C@@H](C)C(=O)[C@@H](C)C(=O)O. The van der Waals surface area contributed by atoms with Crippen molar-refractivity contribution in [3.05, 3.63) is 60.6 Å². The molecule has 3 unspecified atom stereocenters. The molecule has 69 heavy (non-hydrogen) atoms. The van der Waals surface area contributed by atoms with E-state index < -0.39 is 65.4 Å². The van der Waals surface area contributed by atoms with Crippen molar-refractivity contribution in [3.63, 3.8) is 0 Å². The van der Waals surface area contributed by atoms with Crippen LogP contribution in [0.3, 0.4) is 0 Å². The van der Waals surface area contributed by atoms with Gasteiger partial charge in [-0.3, -0.25) is 28.9 Å². The average molecular weight is 964 g/mol. The minimum atomic E-state index is -1.34. The lowest BCUT2D eigenvalue weighted by molar-refractivity contribution is -0.296. The van der Waals surface area contributed by atoms with E-state index in [0.29, 0.717) is 44.6 Å². The van der Waals surface area contributed by atoms with Gasteiger partial charge in [-0.25, -0.2) is 4.79 Å². The highest BCUT2D eigenvalue weighted by Gasteiger charge is 2.55. The van der Waals surface area contributed by atoms with Crippen molar-refractivity contribution in [1.82, 2.24) is 40.4 Å². The molecule has 2 aliphatic rings.